The van der Waals surface area contributed by atoms with Gasteiger partial charge < -0.3 is 14.7 Å². The number of carbonyl (C=O) groups excluding carboxylic acids is 2. The van der Waals surface area contributed by atoms with Gasteiger partial charge in [-0.3, -0.25) is 9.59 Å². The summed E-state index contributed by atoms with van der Waals surface area (Å²) in [5.41, 5.74) is 1.13. The molecule has 6 heteroatoms. The molecule has 0 spiro atoms. The molecule has 2 fully saturated rings. The molecule has 1 aromatic carbocycles. The Labute approximate surface area is 154 Å². The van der Waals surface area contributed by atoms with Gasteiger partial charge >= 0.3 is 0 Å². The lowest BCUT2D eigenvalue weighted by Crippen LogP contribution is -2.50. The van der Waals surface area contributed by atoms with Crippen molar-refractivity contribution in [3.63, 3.8) is 0 Å². The smallest absolute Gasteiger partial charge is 0.246 e. The maximum Gasteiger partial charge on any atom is 0.246 e. The highest BCUT2D eigenvalue weighted by Crippen LogP contribution is 2.34. The number of carbonyl (C=O) groups is 2. The van der Waals surface area contributed by atoms with E-state index >= 15 is 0 Å². The first-order valence-electron chi connectivity index (χ1n) is 8.92. The first-order valence-corrected chi connectivity index (χ1v) is 10.1. The van der Waals surface area contributed by atoms with Crippen LogP contribution in [0, 0.1) is 5.92 Å². The number of thioether (sulfide) groups is 1. The predicted octanol–water partition coefficient (Wildman–Crippen LogP) is 1.89. The number of amides is 2. The zero-order valence-electron chi connectivity index (χ0n) is 15.1. The fraction of sp³-hybridized carbons (Fsp3) is 0.579. The highest BCUT2D eigenvalue weighted by atomic mass is 32.2. The molecule has 2 amide bonds. The van der Waals surface area contributed by atoms with Crippen LogP contribution in [0.3, 0.4) is 0 Å². The van der Waals surface area contributed by atoms with Gasteiger partial charge in [0, 0.05) is 31.3 Å². The van der Waals surface area contributed by atoms with Gasteiger partial charge in [-0.05, 0) is 32.5 Å². The molecule has 5 nitrogen and oxygen atoms in total. The normalized spacial score (nSPS) is 20.1. The molecular weight excluding hydrogens is 334 g/mol. The molecule has 0 radical (unpaired) electrons. The Kier molecular flexibility index (Phi) is 6.02. The molecule has 1 aromatic rings. The van der Waals surface area contributed by atoms with Crippen molar-refractivity contribution in [3.8, 4) is 0 Å². The van der Waals surface area contributed by atoms with E-state index in [1.165, 1.54) is 0 Å². The van der Waals surface area contributed by atoms with Crippen molar-refractivity contribution in [1.82, 2.24) is 14.7 Å². The number of likely N-dealkylation sites (N-methyl/N-ethyl adjacent to an activating group) is 1. The minimum absolute atomic E-state index is 0.0877. The molecule has 1 aliphatic carbocycles. The molecule has 1 aliphatic heterocycles. The van der Waals surface area contributed by atoms with Crippen LogP contribution >= 0.6 is 11.8 Å². The van der Waals surface area contributed by atoms with Crippen LogP contribution in [0.1, 0.15) is 18.4 Å². The second-order valence-corrected chi connectivity index (χ2v) is 8.15. The summed E-state index contributed by atoms with van der Waals surface area (Å²) in [4.78, 5) is 31.5. The summed E-state index contributed by atoms with van der Waals surface area (Å²) in [7, 11) is 4.03. The number of hydrogen-bond acceptors (Lipinski definition) is 4. The highest BCUT2D eigenvalue weighted by molar-refractivity contribution is 7.99. The van der Waals surface area contributed by atoms with Crippen molar-refractivity contribution in [1.29, 1.82) is 0 Å². The van der Waals surface area contributed by atoms with E-state index in [0.29, 0.717) is 24.7 Å². The second kappa shape index (κ2) is 8.23. The molecule has 0 bridgehead atoms. The third-order valence-electron chi connectivity index (χ3n) is 4.72. The third-order valence-corrected chi connectivity index (χ3v) is 5.73. The number of hydrogen-bond donors (Lipinski definition) is 0. The van der Waals surface area contributed by atoms with Gasteiger partial charge in [-0.15, -0.1) is 11.8 Å². The average molecular weight is 362 g/mol. The second-order valence-electron chi connectivity index (χ2n) is 7.15. The molecule has 1 saturated carbocycles. The summed E-state index contributed by atoms with van der Waals surface area (Å²) < 4.78 is 0. The van der Waals surface area contributed by atoms with Gasteiger partial charge in [0.25, 0.3) is 0 Å². The molecule has 1 unspecified atom stereocenters. The summed E-state index contributed by atoms with van der Waals surface area (Å²) in [5.74, 6) is 1.79. The maximum absolute atomic E-state index is 13.2. The van der Waals surface area contributed by atoms with E-state index in [-0.39, 0.29) is 23.8 Å². The predicted molar refractivity (Wildman–Crippen MR) is 101 cm³/mol. The molecule has 0 N–H and O–H groups in total. The molecule has 25 heavy (non-hydrogen) atoms. The lowest BCUT2D eigenvalue weighted by atomic mass is 10.1. The van der Waals surface area contributed by atoms with Crippen LogP contribution < -0.4 is 0 Å². The van der Waals surface area contributed by atoms with Crippen molar-refractivity contribution in [2.45, 2.75) is 25.4 Å². The van der Waals surface area contributed by atoms with Gasteiger partial charge in [-0.25, -0.2) is 0 Å². The monoisotopic (exact) mass is 361 g/mol. The zero-order chi connectivity index (χ0) is 17.8. The van der Waals surface area contributed by atoms with E-state index in [1.54, 1.807) is 11.8 Å². The average Bonchev–Trinajstić information content (AvgIpc) is 3.34. The van der Waals surface area contributed by atoms with E-state index < -0.39 is 0 Å². The Morgan fingerprint density at radius 3 is 2.52 bits per heavy atom. The lowest BCUT2D eigenvalue weighted by molar-refractivity contribution is -0.144. The quantitative estimate of drug-likeness (QED) is 0.744. The minimum Gasteiger partial charge on any atom is -0.335 e. The maximum atomic E-state index is 13.2. The van der Waals surface area contributed by atoms with Crippen LogP contribution in [0.5, 0.6) is 0 Å². The van der Waals surface area contributed by atoms with Gasteiger partial charge in [-0.2, -0.15) is 0 Å². The third kappa shape index (κ3) is 4.76. The summed E-state index contributed by atoms with van der Waals surface area (Å²) in [6, 6.07) is 9.78. The number of benzene rings is 1. The Balaban J connectivity index is 1.71. The Morgan fingerprint density at radius 1 is 1.16 bits per heavy atom. The molecule has 3 rings (SSSR count). The minimum atomic E-state index is -0.302. The summed E-state index contributed by atoms with van der Waals surface area (Å²) >= 11 is 1.69. The van der Waals surface area contributed by atoms with Crippen LogP contribution in [-0.4, -0.2) is 71.4 Å². The van der Waals surface area contributed by atoms with E-state index in [1.807, 2.05) is 54.2 Å². The van der Waals surface area contributed by atoms with Crippen LogP contribution in [0.2, 0.25) is 0 Å². The Bertz CT molecular complexity index is 604. The van der Waals surface area contributed by atoms with Crippen molar-refractivity contribution in [3.05, 3.63) is 35.9 Å². The summed E-state index contributed by atoms with van der Waals surface area (Å²) in [6.45, 7) is 2.09. The molecule has 2 aliphatic rings. The Hall–Kier alpha value is -1.53. The first kappa shape index (κ1) is 18.3. The highest BCUT2D eigenvalue weighted by Gasteiger charge is 2.42. The molecule has 1 saturated heterocycles. The van der Waals surface area contributed by atoms with E-state index in [9.17, 15) is 9.59 Å². The first-order chi connectivity index (χ1) is 12.1. The fourth-order valence-corrected chi connectivity index (χ4v) is 4.19. The summed E-state index contributed by atoms with van der Waals surface area (Å²) in [6.07, 6.45) is 1.96. The number of nitrogens with zero attached hydrogens (tertiary/aromatic N) is 3. The Morgan fingerprint density at radius 2 is 1.88 bits per heavy atom. The van der Waals surface area contributed by atoms with Crippen LogP contribution in [-0.2, 0) is 16.1 Å². The fourth-order valence-electron chi connectivity index (χ4n) is 3.03. The van der Waals surface area contributed by atoms with Gasteiger partial charge in [0.1, 0.15) is 6.04 Å². The van der Waals surface area contributed by atoms with Crippen LogP contribution in [0.4, 0.5) is 0 Å². The van der Waals surface area contributed by atoms with Gasteiger partial charge in [0.2, 0.25) is 11.8 Å². The van der Waals surface area contributed by atoms with E-state index in [0.717, 1.165) is 24.9 Å². The SMILES string of the molecule is CN(C)CCN(Cc1ccccc1)C(=O)C1CSCN1C(=O)C1CC1. The number of rotatable bonds is 7. The summed E-state index contributed by atoms with van der Waals surface area (Å²) in [5, 5.41) is 0. The van der Waals surface area contributed by atoms with Crippen LogP contribution in [0.15, 0.2) is 30.3 Å². The van der Waals surface area contributed by atoms with Crippen molar-refractivity contribution >= 4 is 23.6 Å². The largest absolute Gasteiger partial charge is 0.335 e. The lowest BCUT2D eigenvalue weighted by Gasteiger charge is -2.31. The standard InChI is InChI=1S/C19H27N3O2S/c1-20(2)10-11-21(12-15-6-4-3-5-7-15)19(24)17-13-25-14-22(17)18(23)16-8-9-16/h3-7,16-17H,8-14H2,1-2H3. The molecule has 1 atom stereocenters. The van der Waals surface area contributed by atoms with E-state index in [2.05, 4.69) is 4.90 Å². The van der Waals surface area contributed by atoms with Gasteiger partial charge in [-0.1, -0.05) is 30.3 Å². The van der Waals surface area contributed by atoms with Crippen molar-refractivity contribution < 1.29 is 9.59 Å². The molecule has 0 aromatic heterocycles. The molecule has 1 heterocycles. The van der Waals surface area contributed by atoms with Crippen molar-refractivity contribution in [2.75, 3.05) is 38.8 Å². The van der Waals surface area contributed by atoms with Gasteiger partial charge in [0.15, 0.2) is 0 Å². The van der Waals surface area contributed by atoms with Crippen molar-refractivity contribution in [2.24, 2.45) is 5.92 Å². The topological polar surface area (TPSA) is 43.9 Å². The van der Waals surface area contributed by atoms with Gasteiger partial charge in [0.05, 0.1) is 5.88 Å². The zero-order valence-corrected chi connectivity index (χ0v) is 15.9. The molecule has 136 valence electrons. The van der Waals surface area contributed by atoms with Crippen LogP contribution in [0.25, 0.3) is 0 Å². The van der Waals surface area contributed by atoms with E-state index in [4.69, 9.17) is 0 Å². The molecular formula is C19H27N3O2S.